The number of hydrogen-bond donors (Lipinski definition) is 1. The predicted molar refractivity (Wildman–Crippen MR) is 109 cm³/mol. The molecule has 7 heteroatoms. The molecule has 0 aromatic heterocycles. The molecule has 0 radical (unpaired) electrons. The maximum absolute atomic E-state index is 13.2. The molecule has 0 bridgehead atoms. The van der Waals surface area contributed by atoms with E-state index in [1.807, 2.05) is 31.2 Å². The quantitative estimate of drug-likeness (QED) is 0.797. The third-order valence-corrected chi connectivity index (χ3v) is 5.46. The second kappa shape index (κ2) is 9.37. The van der Waals surface area contributed by atoms with Crippen molar-refractivity contribution in [3.05, 3.63) is 58.9 Å². The lowest BCUT2D eigenvalue weighted by molar-refractivity contribution is -0.121. The number of methoxy groups -OCH3 is 1. The second-order valence-corrected chi connectivity index (χ2v) is 7.32. The van der Waals surface area contributed by atoms with Gasteiger partial charge in [-0.15, -0.1) is 0 Å². The van der Waals surface area contributed by atoms with E-state index in [2.05, 4.69) is 15.1 Å². The van der Waals surface area contributed by atoms with Crippen LogP contribution in [-0.2, 0) is 11.3 Å². The number of nitrogens with one attached hydrogen (secondary N) is 1. The third kappa shape index (κ3) is 5.01. The van der Waals surface area contributed by atoms with Gasteiger partial charge in [0.05, 0.1) is 18.8 Å². The van der Waals surface area contributed by atoms with Crippen molar-refractivity contribution in [2.45, 2.75) is 19.5 Å². The highest BCUT2D eigenvalue weighted by Crippen LogP contribution is 2.24. The van der Waals surface area contributed by atoms with Crippen LogP contribution in [0.2, 0.25) is 5.02 Å². The van der Waals surface area contributed by atoms with Crippen molar-refractivity contribution in [3.8, 4) is 5.75 Å². The topological polar surface area (TPSA) is 44.8 Å². The summed E-state index contributed by atoms with van der Waals surface area (Å²) in [6.07, 6.45) is 0. The first kappa shape index (κ1) is 20.6. The van der Waals surface area contributed by atoms with E-state index in [1.165, 1.54) is 12.1 Å². The Balaban J connectivity index is 1.53. The van der Waals surface area contributed by atoms with Crippen LogP contribution in [-0.4, -0.2) is 55.0 Å². The lowest BCUT2D eigenvalue weighted by Crippen LogP contribution is -2.52. The average molecular weight is 406 g/mol. The molecule has 150 valence electrons. The van der Waals surface area contributed by atoms with Gasteiger partial charge in [-0.2, -0.15) is 0 Å². The van der Waals surface area contributed by atoms with Gasteiger partial charge in [0.15, 0.2) is 0 Å². The maximum Gasteiger partial charge on any atom is 0.241 e. The number of anilines is 1. The second-order valence-electron chi connectivity index (χ2n) is 6.91. The van der Waals surface area contributed by atoms with Gasteiger partial charge >= 0.3 is 0 Å². The van der Waals surface area contributed by atoms with Crippen molar-refractivity contribution < 1.29 is 13.9 Å². The zero-order chi connectivity index (χ0) is 20.1. The number of benzene rings is 2. The largest absolute Gasteiger partial charge is 0.495 e. The molecule has 1 N–H and O–H groups in total. The summed E-state index contributed by atoms with van der Waals surface area (Å²) in [6.45, 7) is 5.78. The van der Waals surface area contributed by atoms with Gasteiger partial charge in [-0.1, -0.05) is 29.8 Å². The van der Waals surface area contributed by atoms with E-state index in [-0.39, 0.29) is 17.8 Å². The van der Waals surface area contributed by atoms with E-state index in [9.17, 15) is 9.18 Å². The minimum Gasteiger partial charge on any atom is -0.495 e. The van der Waals surface area contributed by atoms with E-state index in [1.54, 1.807) is 13.2 Å². The summed E-state index contributed by atoms with van der Waals surface area (Å²) in [5.41, 5.74) is 1.59. The van der Waals surface area contributed by atoms with E-state index in [0.29, 0.717) is 23.0 Å². The van der Waals surface area contributed by atoms with Gasteiger partial charge in [0.1, 0.15) is 11.6 Å². The van der Waals surface area contributed by atoms with Crippen molar-refractivity contribution in [3.63, 3.8) is 0 Å². The van der Waals surface area contributed by atoms with Crippen LogP contribution >= 0.6 is 11.6 Å². The zero-order valence-corrected chi connectivity index (χ0v) is 16.9. The van der Waals surface area contributed by atoms with Gasteiger partial charge in [-0.25, -0.2) is 4.39 Å². The van der Waals surface area contributed by atoms with Crippen LogP contribution in [0.15, 0.2) is 42.5 Å². The normalized spacial score (nSPS) is 16.6. The van der Waals surface area contributed by atoms with Crippen LogP contribution in [0.1, 0.15) is 12.5 Å². The highest BCUT2D eigenvalue weighted by Gasteiger charge is 2.26. The Bertz CT molecular complexity index is 825. The minimum absolute atomic E-state index is 0.0560. The molecule has 2 aromatic rings. The fraction of sp³-hybridized carbons (Fsp3) is 0.381. The van der Waals surface area contributed by atoms with Crippen molar-refractivity contribution in [2.24, 2.45) is 0 Å². The van der Waals surface area contributed by atoms with Crippen molar-refractivity contribution >= 4 is 23.2 Å². The zero-order valence-electron chi connectivity index (χ0n) is 16.1. The molecule has 0 saturated carbocycles. The molecule has 5 nitrogen and oxygen atoms in total. The molecule has 1 saturated heterocycles. The third-order valence-electron chi connectivity index (χ3n) is 5.11. The van der Waals surface area contributed by atoms with E-state index >= 15 is 0 Å². The summed E-state index contributed by atoms with van der Waals surface area (Å²) in [7, 11) is 1.58. The number of carbonyl (C=O) groups is 1. The smallest absolute Gasteiger partial charge is 0.241 e. The summed E-state index contributed by atoms with van der Waals surface area (Å²) in [6, 6.07) is 11.6. The van der Waals surface area contributed by atoms with Gasteiger partial charge < -0.3 is 10.1 Å². The fourth-order valence-corrected chi connectivity index (χ4v) is 3.58. The molecule has 1 aliphatic rings. The SMILES string of the molecule is COc1ccccc1NC(=O)C(C)N1CCN(Cc2ccc(F)cc2Cl)CC1. The first-order valence-electron chi connectivity index (χ1n) is 9.32. The van der Waals surface area contributed by atoms with E-state index in [4.69, 9.17) is 16.3 Å². The Morgan fingerprint density at radius 1 is 1.21 bits per heavy atom. The fourth-order valence-electron chi connectivity index (χ4n) is 3.35. The number of para-hydroxylation sites is 2. The number of amides is 1. The molecular formula is C21H25ClFN3O2. The van der Waals surface area contributed by atoms with Crippen molar-refractivity contribution in [1.29, 1.82) is 0 Å². The minimum atomic E-state index is -0.326. The van der Waals surface area contributed by atoms with Crippen LogP contribution in [0, 0.1) is 5.82 Å². The van der Waals surface area contributed by atoms with E-state index < -0.39 is 0 Å². The lowest BCUT2D eigenvalue weighted by atomic mass is 10.1. The molecule has 1 aliphatic heterocycles. The average Bonchev–Trinajstić information content (AvgIpc) is 2.70. The number of hydrogen-bond acceptors (Lipinski definition) is 4. The van der Waals surface area contributed by atoms with Crippen molar-refractivity contribution in [1.82, 2.24) is 9.80 Å². The highest BCUT2D eigenvalue weighted by atomic mass is 35.5. The molecule has 28 heavy (non-hydrogen) atoms. The van der Waals surface area contributed by atoms with Crippen LogP contribution in [0.25, 0.3) is 0 Å². The lowest BCUT2D eigenvalue weighted by Gasteiger charge is -2.37. The molecular weight excluding hydrogens is 381 g/mol. The molecule has 1 amide bonds. The molecule has 1 fully saturated rings. The number of halogens is 2. The summed E-state index contributed by atoms with van der Waals surface area (Å²) in [5.74, 6) is 0.261. The molecule has 1 atom stereocenters. The van der Waals surface area contributed by atoms with Crippen LogP contribution in [0.3, 0.4) is 0 Å². The number of ether oxygens (including phenoxy) is 1. The van der Waals surface area contributed by atoms with Gasteiger partial charge in [-0.3, -0.25) is 14.6 Å². The summed E-state index contributed by atoms with van der Waals surface area (Å²) in [4.78, 5) is 17.1. The molecule has 3 rings (SSSR count). The maximum atomic E-state index is 13.2. The number of nitrogens with zero attached hydrogens (tertiary/aromatic N) is 2. The van der Waals surface area contributed by atoms with Crippen molar-refractivity contribution in [2.75, 3.05) is 38.6 Å². The Morgan fingerprint density at radius 2 is 1.93 bits per heavy atom. The monoisotopic (exact) mass is 405 g/mol. The van der Waals surface area contributed by atoms with Gasteiger partial charge in [-0.05, 0) is 36.8 Å². The summed E-state index contributed by atoms with van der Waals surface area (Å²) >= 11 is 6.13. The summed E-state index contributed by atoms with van der Waals surface area (Å²) in [5, 5.41) is 3.40. The van der Waals surface area contributed by atoms with E-state index in [0.717, 1.165) is 31.7 Å². The molecule has 0 aliphatic carbocycles. The summed E-state index contributed by atoms with van der Waals surface area (Å²) < 4.78 is 18.5. The van der Waals surface area contributed by atoms with Gasteiger partial charge in [0.2, 0.25) is 5.91 Å². The number of rotatable bonds is 6. The van der Waals surface area contributed by atoms with Gasteiger partial charge in [0, 0.05) is 37.7 Å². The number of carbonyl (C=O) groups excluding carboxylic acids is 1. The molecule has 1 unspecified atom stereocenters. The molecule has 1 heterocycles. The highest BCUT2D eigenvalue weighted by molar-refractivity contribution is 6.31. The standard InChI is InChI=1S/C21H25ClFN3O2/c1-15(21(27)24-19-5-3-4-6-20(19)28-2)26-11-9-25(10-12-26)14-16-7-8-17(23)13-18(16)22/h3-8,13,15H,9-12,14H2,1-2H3,(H,24,27). The number of piperazine rings is 1. The van der Waals surface area contributed by atoms with Gasteiger partial charge in [0.25, 0.3) is 0 Å². The Labute approximate surface area is 170 Å². The van der Waals surface area contributed by atoms with Crippen LogP contribution < -0.4 is 10.1 Å². The van der Waals surface area contributed by atoms with Crippen LogP contribution in [0.5, 0.6) is 5.75 Å². The Kier molecular flexibility index (Phi) is 6.88. The molecule has 2 aromatic carbocycles. The Morgan fingerprint density at radius 3 is 2.61 bits per heavy atom. The first-order valence-corrected chi connectivity index (χ1v) is 9.70. The van der Waals surface area contributed by atoms with Crippen LogP contribution in [0.4, 0.5) is 10.1 Å². The Hall–Kier alpha value is -2.15. The first-order chi connectivity index (χ1) is 13.5. The molecule has 0 spiro atoms. The predicted octanol–water partition coefficient (Wildman–Crippen LogP) is 3.63.